The molecular formula is C25H26F3N5O. The third-order valence-corrected chi connectivity index (χ3v) is 8.02. The third-order valence-electron chi connectivity index (χ3n) is 8.02. The Labute approximate surface area is 195 Å². The molecule has 1 amide bonds. The number of rotatable bonds is 4. The van der Waals surface area contributed by atoms with E-state index in [1.807, 2.05) is 23.1 Å². The van der Waals surface area contributed by atoms with Crippen LogP contribution in [0.5, 0.6) is 0 Å². The topological polar surface area (TPSA) is 62.5 Å². The summed E-state index contributed by atoms with van der Waals surface area (Å²) in [6.07, 6.45) is 0.260. The fraction of sp³-hybridized carbons (Fsp3) is 0.480. The molecule has 2 bridgehead atoms. The van der Waals surface area contributed by atoms with Gasteiger partial charge in [-0.2, -0.15) is 13.2 Å². The number of halogens is 3. The molecule has 3 heterocycles. The molecule has 2 aromatic heterocycles. The van der Waals surface area contributed by atoms with Crippen LogP contribution in [0.2, 0.25) is 0 Å². The van der Waals surface area contributed by atoms with Crippen molar-refractivity contribution in [1.82, 2.24) is 19.3 Å². The van der Waals surface area contributed by atoms with Gasteiger partial charge in [0, 0.05) is 5.56 Å². The Morgan fingerprint density at radius 2 is 1.94 bits per heavy atom. The van der Waals surface area contributed by atoms with Crippen LogP contribution < -0.4 is 5.32 Å². The number of aryl methyl sites for hydroxylation is 1. The second kappa shape index (κ2) is 6.96. The second-order valence-corrected chi connectivity index (χ2v) is 10.2. The maximum absolute atomic E-state index is 13.4. The van der Waals surface area contributed by atoms with Gasteiger partial charge in [0.1, 0.15) is 11.6 Å². The molecular weight excluding hydrogens is 443 g/mol. The first kappa shape index (κ1) is 21.4. The van der Waals surface area contributed by atoms with Gasteiger partial charge < -0.3 is 10.2 Å². The number of alkyl halides is 3. The number of amides is 1. The normalized spacial score (nSPS) is 23.9. The van der Waals surface area contributed by atoms with Crippen LogP contribution in [0.3, 0.4) is 0 Å². The lowest BCUT2D eigenvalue weighted by Gasteiger charge is -2.61. The molecule has 1 aliphatic heterocycles. The molecule has 1 N–H and O–H groups in total. The monoisotopic (exact) mass is 469 g/mol. The molecule has 4 aliphatic rings. The predicted molar refractivity (Wildman–Crippen MR) is 120 cm³/mol. The fourth-order valence-corrected chi connectivity index (χ4v) is 6.11. The molecule has 0 saturated heterocycles. The molecule has 0 unspecified atom stereocenters. The summed E-state index contributed by atoms with van der Waals surface area (Å²) in [7, 11) is 0. The zero-order valence-corrected chi connectivity index (χ0v) is 19.3. The summed E-state index contributed by atoms with van der Waals surface area (Å²) in [5.74, 6) is 2.32. The number of aromatic nitrogens is 3. The highest BCUT2D eigenvalue weighted by Crippen LogP contribution is 2.65. The van der Waals surface area contributed by atoms with Crippen LogP contribution in [0.1, 0.15) is 66.0 Å². The van der Waals surface area contributed by atoms with Crippen LogP contribution in [-0.2, 0) is 24.1 Å². The number of fused-ring (bicyclic) bond motifs is 3. The lowest BCUT2D eigenvalue weighted by Crippen LogP contribution is -2.60. The minimum atomic E-state index is -4.41. The molecule has 7 rings (SSSR count). The maximum Gasteiger partial charge on any atom is 0.416 e. The maximum atomic E-state index is 13.4. The Morgan fingerprint density at radius 3 is 2.59 bits per heavy atom. The van der Waals surface area contributed by atoms with Gasteiger partial charge in [-0.05, 0) is 63.1 Å². The minimum Gasteiger partial charge on any atom is -0.363 e. The molecule has 0 radical (unpaired) electrons. The van der Waals surface area contributed by atoms with Crippen LogP contribution in [-0.4, -0.2) is 25.2 Å². The first-order valence-electron chi connectivity index (χ1n) is 11.7. The average Bonchev–Trinajstić information content (AvgIpc) is 3.29. The largest absolute Gasteiger partial charge is 0.416 e. The van der Waals surface area contributed by atoms with Gasteiger partial charge in [0.05, 0.1) is 42.0 Å². The quantitative estimate of drug-likeness (QED) is 0.572. The van der Waals surface area contributed by atoms with Gasteiger partial charge in [0.15, 0.2) is 5.65 Å². The number of nitrogens with zero attached hydrogens (tertiary/aromatic N) is 4. The van der Waals surface area contributed by atoms with E-state index < -0.39 is 17.8 Å². The summed E-state index contributed by atoms with van der Waals surface area (Å²) >= 11 is 0. The van der Waals surface area contributed by atoms with Gasteiger partial charge in [0.2, 0.25) is 5.91 Å². The molecule has 1 atom stereocenters. The smallest absolute Gasteiger partial charge is 0.363 e. The highest BCUT2D eigenvalue weighted by atomic mass is 19.4. The van der Waals surface area contributed by atoms with Crippen LogP contribution >= 0.6 is 0 Å². The Balaban J connectivity index is 1.36. The third kappa shape index (κ3) is 2.98. The van der Waals surface area contributed by atoms with E-state index in [9.17, 15) is 18.0 Å². The van der Waals surface area contributed by atoms with Crippen molar-refractivity contribution in [3.8, 4) is 0 Å². The first-order valence-corrected chi connectivity index (χ1v) is 11.7. The molecule has 34 heavy (non-hydrogen) atoms. The van der Waals surface area contributed by atoms with Gasteiger partial charge in [-0.25, -0.2) is 9.97 Å². The minimum absolute atomic E-state index is 0.167. The van der Waals surface area contributed by atoms with Crippen LogP contribution in [0.25, 0.3) is 5.65 Å². The number of nitrogens with one attached hydrogen (secondary N) is 1. The molecule has 3 fully saturated rings. The van der Waals surface area contributed by atoms with E-state index in [4.69, 9.17) is 4.98 Å². The zero-order valence-electron chi connectivity index (χ0n) is 19.3. The standard InChI is InChI=1S/C25H26F3N5O/c1-13-17(5-4-6-19(13)25(26,27)28)14(2)30-22-18-11-32(23(34)24-7-16(8-24)9-24)12-20(18)33-15(3)29-10-21(33)31-22/h4-6,10,14,16H,7-9,11-12H2,1-3H3,(H,30,31)/t14-,16?,24?/m1/s1. The van der Waals surface area contributed by atoms with Crippen LogP contribution in [0, 0.1) is 25.2 Å². The highest BCUT2D eigenvalue weighted by Gasteiger charge is 2.62. The molecule has 1 aromatic carbocycles. The van der Waals surface area contributed by atoms with Gasteiger partial charge in [-0.3, -0.25) is 9.20 Å². The summed E-state index contributed by atoms with van der Waals surface area (Å²) in [5, 5.41) is 3.36. The zero-order chi connectivity index (χ0) is 24.0. The van der Waals surface area contributed by atoms with Crippen molar-refractivity contribution in [2.75, 3.05) is 5.32 Å². The lowest BCUT2D eigenvalue weighted by atomic mass is 9.44. The predicted octanol–water partition coefficient (Wildman–Crippen LogP) is 5.18. The fourth-order valence-electron chi connectivity index (χ4n) is 6.11. The Bertz CT molecular complexity index is 1330. The van der Waals surface area contributed by atoms with Crippen LogP contribution in [0.4, 0.5) is 19.0 Å². The number of anilines is 1. The van der Waals surface area contributed by atoms with Gasteiger partial charge in [0.25, 0.3) is 0 Å². The van der Waals surface area contributed by atoms with Gasteiger partial charge in [-0.15, -0.1) is 0 Å². The van der Waals surface area contributed by atoms with Crippen molar-refractivity contribution in [3.05, 3.63) is 58.2 Å². The first-order chi connectivity index (χ1) is 16.1. The summed E-state index contributed by atoms with van der Waals surface area (Å²) < 4.78 is 42.3. The lowest BCUT2D eigenvalue weighted by molar-refractivity contribution is -0.177. The van der Waals surface area contributed by atoms with E-state index in [-0.39, 0.29) is 16.9 Å². The summed E-state index contributed by atoms with van der Waals surface area (Å²) in [5.41, 5.74) is 2.50. The van der Waals surface area contributed by atoms with E-state index in [1.54, 1.807) is 12.3 Å². The van der Waals surface area contributed by atoms with Crippen LogP contribution in [0.15, 0.2) is 24.4 Å². The van der Waals surface area contributed by atoms with E-state index in [1.165, 1.54) is 13.0 Å². The van der Waals surface area contributed by atoms with Crippen molar-refractivity contribution in [3.63, 3.8) is 0 Å². The number of carbonyl (C=O) groups excluding carboxylic acids is 1. The molecule has 178 valence electrons. The molecule has 3 saturated carbocycles. The van der Waals surface area contributed by atoms with E-state index in [2.05, 4.69) is 10.3 Å². The van der Waals surface area contributed by atoms with E-state index in [0.29, 0.717) is 36.0 Å². The van der Waals surface area contributed by atoms with Gasteiger partial charge >= 0.3 is 6.18 Å². The summed E-state index contributed by atoms with van der Waals surface area (Å²) in [6.45, 7) is 6.17. The van der Waals surface area contributed by atoms with Crippen molar-refractivity contribution in [1.29, 1.82) is 0 Å². The van der Waals surface area contributed by atoms with E-state index >= 15 is 0 Å². The molecule has 0 spiro atoms. The number of carbonyl (C=O) groups is 1. The Hall–Kier alpha value is -3.10. The number of benzene rings is 1. The molecule has 3 aromatic rings. The number of imidazole rings is 1. The Kier molecular flexibility index (Phi) is 4.39. The summed E-state index contributed by atoms with van der Waals surface area (Å²) in [6, 6.07) is 3.85. The molecule has 6 nitrogen and oxygen atoms in total. The Morgan fingerprint density at radius 1 is 1.21 bits per heavy atom. The average molecular weight is 470 g/mol. The number of hydrogen-bond donors (Lipinski definition) is 1. The van der Waals surface area contributed by atoms with Crippen molar-refractivity contribution in [2.24, 2.45) is 11.3 Å². The van der Waals surface area contributed by atoms with Crippen molar-refractivity contribution in [2.45, 2.75) is 65.3 Å². The van der Waals surface area contributed by atoms with Gasteiger partial charge in [-0.1, -0.05) is 12.1 Å². The van der Waals surface area contributed by atoms with E-state index in [0.717, 1.165) is 42.4 Å². The summed E-state index contributed by atoms with van der Waals surface area (Å²) in [4.78, 5) is 24.4. The SMILES string of the molecule is Cc1c([C@@H](C)Nc2nc3cnc(C)n3c3c2CN(C(=O)C24CC(C2)C4)C3)cccc1C(F)(F)F. The molecule has 9 heteroatoms. The van der Waals surface area contributed by atoms with Crippen molar-refractivity contribution >= 4 is 17.4 Å². The molecule has 3 aliphatic carbocycles. The highest BCUT2D eigenvalue weighted by molar-refractivity contribution is 5.86. The van der Waals surface area contributed by atoms with Crippen molar-refractivity contribution < 1.29 is 18.0 Å². The second-order valence-electron chi connectivity index (χ2n) is 10.2. The number of hydrogen-bond acceptors (Lipinski definition) is 4.